The first kappa shape index (κ1) is 13.2. The Morgan fingerprint density at radius 3 is 2.50 bits per heavy atom. The zero-order valence-corrected chi connectivity index (χ0v) is 11.3. The van der Waals surface area contributed by atoms with Gasteiger partial charge in [-0.1, -0.05) is 24.6 Å². The van der Waals surface area contributed by atoms with Gasteiger partial charge in [-0.15, -0.1) is 0 Å². The van der Waals surface area contributed by atoms with Crippen LogP contribution in [-0.4, -0.2) is 12.2 Å². The van der Waals surface area contributed by atoms with E-state index in [1.165, 1.54) is 19.3 Å². The van der Waals surface area contributed by atoms with Crippen molar-refractivity contribution in [3.8, 4) is 5.75 Å². The molecule has 0 saturated heterocycles. The zero-order valence-electron chi connectivity index (χ0n) is 11.3. The third-order valence-electron chi connectivity index (χ3n) is 3.82. The SMILES string of the molecule is COc1ccc(C(C)(O)C2=CCCCCC2)cc1. The molecule has 1 aliphatic rings. The first-order valence-electron chi connectivity index (χ1n) is 6.71. The number of rotatable bonds is 3. The lowest BCUT2D eigenvalue weighted by Crippen LogP contribution is -2.24. The molecular weight excluding hydrogens is 224 g/mol. The number of hydrogen-bond acceptors (Lipinski definition) is 2. The van der Waals surface area contributed by atoms with E-state index < -0.39 is 5.60 Å². The fraction of sp³-hybridized carbons (Fsp3) is 0.500. The Kier molecular flexibility index (Phi) is 4.07. The predicted octanol–water partition coefficient (Wildman–Crippen LogP) is 3.79. The molecule has 0 bridgehead atoms. The molecule has 2 heteroatoms. The van der Waals surface area contributed by atoms with Gasteiger partial charge >= 0.3 is 0 Å². The minimum atomic E-state index is -0.851. The molecule has 1 aromatic rings. The second-order valence-corrected chi connectivity index (χ2v) is 5.13. The molecule has 1 unspecified atom stereocenters. The second-order valence-electron chi connectivity index (χ2n) is 5.13. The molecule has 18 heavy (non-hydrogen) atoms. The summed E-state index contributed by atoms with van der Waals surface area (Å²) in [7, 11) is 1.65. The van der Waals surface area contributed by atoms with Crippen molar-refractivity contribution < 1.29 is 9.84 Å². The van der Waals surface area contributed by atoms with E-state index in [9.17, 15) is 5.11 Å². The van der Waals surface area contributed by atoms with Crippen LogP contribution in [0.4, 0.5) is 0 Å². The van der Waals surface area contributed by atoms with E-state index in [1.807, 2.05) is 31.2 Å². The van der Waals surface area contributed by atoms with E-state index in [0.29, 0.717) is 0 Å². The molecular formula is C16H22O2. The monoisotopic (exact) mass is 246 g/mol. The van der Waals surface area contributed by atoms with Gasteiger partial charge in [0.15, 0.2) is 0 Å². The van der Waals surface area contributed by atoms with E-state index in [2.05, 4.69) is 6.08 Å². The van der Waals surface area contributed by atoms with Gasteiger partial charge in [-0.05, 0) is 55.9 Å². The van der Waals surface area contributed by atoms with E-state index in [4.69, 9.17) is 4.74 Å². The van der Waals surface area contributed by atoms with Crippen LogP contribution in [0.15, 0.2) is 35.9 Å². The molecule has 0 amide bonds. The largest absolute Gasteiger partial charge is 0.497 e. The molecule has 1 aliphatic carbocycles. The average molecular weight is 246 g/mol. The Hall–Kier alpha value is -1.28. The molecule has 0 fully saturated rings. The molecule has 0 aliphatic heterocycles. The van der Waals surface area contributed by atoms with Gasteiger partial charge in [0.05, 0.1) is 7.11 Å². The number of benzene rings is 1. The van der Waals surface area contributed by atoms with Gasteiger partial charge in [0.2, 0.25) is 0 Å². The van der Waals surface area contributed by atoms with Crippen LogP contribution in [0.5, 0.6) is 5.75 Å². The van der Waals surface area contributed by atoms with Crippen molar-refractivity contribution in [3.05, 3.63) is 41.5 Å². The van der Waals surface area contributed by atoms with Crippen molar-refractivity contribution in [2.45, 2.75) is 44.6 Å². The van der Waals surface area contributed by atoms with Crippen LogP contribution in [0.1, 0.15) is 44.6 Å². The molecule has 0 saturated carbocycles. The molecule has 0 spiro atoms. The minimum absolute atomic E-state index is 0.824. The third kappa shape index (κ3) is 2.75. The molecule has 2 nitrogen and oxygen atoms in total. The molecule has 2 rings (SSSR count). The second kappa shape index (κ2) is 5.57. The molecule has 0 aromatic heterocycles. The van der Waals surface area contributed by atoms with Crippen LogP contribution in [0, 0.1) is 0 Å². The van der Waals surface area contributed by atoms with Crippen LogP contribution in [0.2, 0.25) is 0 Å². The summed E-state index contributed by atoms with van der Waals surface area (Å²) >= 11 is 0. The predicted molar refractivity (Wildman–Crippen MR) is 73.7 cm³/mol. The Labute approximate surface area is 109 Å². The summed E-state index contributed by atoms with van der Waals surface area (Å²) in [6.45, 7) is 1.89. The van der Waals surface area contributed by atoms with E-state index >= 15 is 0 Å². The third-order valence-corrected chi connectivity index (χ3v) is 3.82. The number of aliphatic hydroxyl groups is 1. The van der Waals surface area contributed by atoms with Gasteiger partial charge in [-0.3, -0.25) is 0 Å². The maximum absolute atomic E-state index is 10.8. The smallest absolute Gasteiger partial charge is 0.118 e. The van der Waals surface area contributed by atoms with Gasteiger partial charge < -0.3 is 9.84 Å². The van der Waals surface area contributed by atoms with Crippen molar-refractivity contribution >= 4 is 0 Å². The highest BCUT2D eigenvalue weighted by Gasteiger charge is 2.28. The van der Waals surface area contributed by atoms with Crippen molar-refractivity contribution in [1.29, 1.82) is 0 Å². The van der Waals surface area contributed by atoms with E-state index in [-0.39, 0.29) is 0 Å². The van der Waals surface area contributed by atoms with Crippen LogP contribution < -0.4 is 4.74 Å². The minimum Gasteiger partial charge on any atom is -0.497 e. The average Bonchev–Trinajstić information content (AvgIpc) is 2.68. The summed E-state index contributed by atoms with van der Waals surface area (Å²) < 4.78 is 5.15. The summed E-state index contributed by atoms with van der Waals surface area (Å²) in [5.74, 6) is 0.824. The summed E-state index contributed by atoms with van der Waals surface area (Å²) in [5.41, 5.74) is 1.25. The molecule has 0 heterocycles. The van der Waals surface area contributed by atoms with Crippen molar-refractivity contribution in [1.82, 2.24) is 0 Å². The molecule has 1 atom stereocenters. The molecule has 1 aromatic carbocycles. The van der Waals surface area contributed by atoms with Crippen LogP contribution in [0.25, 0.3) is 0 Å². The van der Waals surface area contributed by atoms with Gasteiger partial charge in [0, 0.05) is 0 Å². The Balaban J connectivity index is 2.25. The highest BCUT2D eigenvalue weighted by Crippen LogP contribution is 2.35. The number of allylic oxidation sites excluding steroid dienone is 1. The highest BCUT2D eigenvalue weighted by molar-refractivity contribution is 5.36. The van der Waals surface area contributed by atoms with E-state index in [1.54, 1.807) is 7.11 Å². The summed E-state index contributed by atoms with van der Waals surface area (Å²) in [5, 5.41) is 10.8. The Bertz CT molecular complexity index is 415. The number of hydrogen-bond donors (Lipinski definition) is 1. The highest BCUT2D eigenvalue weighted by atomic mass is 16.5. The normalized spacial score (nSPS) is 19.6. The number of methoxy groups -OCH3 is 1. The van der Waals surface area contributed by atoms with Crippen molar-refractivity contribution in [2.75, 3.05) is 7.11 Å². The summed E-state index contributed by atoms with van der Waals surface area (Å²) in [6.07, 6.45) is 7.98. The van der Waals surface area contributed by atoms with E-state index in [0.717, 1.165) is 29.7 Å². The standard InChI is InChI=1S/C16H22O2/c1-16(17,13-7-5-3-4-6-8-13)14-9-11-15(18-2)12-10-14/h7,9-12,17H,3-6,8H2,1-2H3. The zero-order chi connectivity index (χ0) is 13.0. The van der Waals surface area contributed by atoms with Gasteiger partial charge in [0.1, 0.15) is 11.4 Å². The first-order valence-corrected chi connectivity index (χ1v) is 6.71. The Morgan fingerprint density at radius 2 is 1.83 bits per heavy atom. The van der Waals surface area contributed by atoms with Crippen molar-refractivity contribution in [2.24, 2.45) is 0 Å². The molecule has 0 radical (unpaired) electrons. The molecule has 1 N–H and O–H groups in total. The first-order chi connectivity index (χ1) is 8.64. The lowest BCUT2D eigenvalue weighted by Gasteiger charge is -2.27. The fourth-order valence-corrected chi connectivity index (χ4v) is 2.56. The maximum atomic E-state index is 10.8. The van der Waals surface area contributed by atoms with Crippen LogP contribution in [0.3, 0.4) is 0 Å². The van der Waals surface area contributed by atoms with Crippen LogP contribution >= 0.6 is 0 Å². The summed E-state index contributed by atoms with van der Waals surface area (Å²) in [4.78, 5) is 0. The lowest BCUT2D eigenvalue weighted by atomic mass is 9.85. The fourth-order valence-electron chi connectivity index (χ4n) is 2.56. The van der Waals surface area contributed by atoms with Crippen molar-refractivity contribution in [3.63, 3.8) is 0 Å². The Morgan fingerprint density at radius 1 is 1.11 bits per heavy atom. The van der Waals surface area contributed by atoms with Gasteiger partial charge in [-0.2, -0.15) is 0 Å². The molecule has 98 valence electrons. The summed E-state index contributed by atoms with van der Waals surface area (Å²) in [6, 6.07) is 7.71. The van der Waals surface area contributed by atoms with Crippen LogP contribution in [-0.2, 0) is 5.60 Å². The lowest BCUT2D eigenvalue weighted by molar-refractivity contribution is 0.0931. The number of ether oxygens (including phenoxy) is 1. The van der Waals surface area contributed by atoms with Gasteiger partial charge in [0.25, 0.3) is 0 Å². The quantitative estimate of drug-likeness (QED) is 0.822. The van der Waals surface area contributed by atoms with Gasteiger partial charge in [-0.25, -0.2) is 0 Å². The maximum Gasteiger partial charge on any atom is 0.118 e. The topological polar surface area (TPSA) is 29.5 Å².